The number of hydrogen-bond donors (Lipinski definition) is 1. The highest BCUT2D eigenvalue weighted by atomic mass is 15.1. The maximum Gasteiger partial charge on any atom is 0.0544 e. The molecule has 1 heterocycles. The molecule has 1 aromatic rings. The lowest BCUT2D eigenvalue weighted by Gasteiger charge is -2.18. The summed E-state index contributed by atoms with van der Waals surface area (Å²) in [4.78, 5) is 0. The minimum atomic E-state index is 0.446. The number of nitrogens with one attached hydrogen (secondary N) is 1. The van der Waals surface area contributed by atoms with E-state index >= 15 is 0 Å². The van der Waals surface area contributed by atoms with E-state index in [1.165, 1.54) is 56.9 Å². The zero-order valence-electron chi connectivity index (χ0n) is 12.6. The SMILES string of the molecule is CCCCCCCCC(NCCC)c1ccnnc1. The molecule has 0 bridgehead atoms. The summed E-state index contributed by atoms with van der Waals surface area (Å²) in [5, 5.41) is 11.5. The van der Waals surface area contributed by atoms with Gasteiger partial charge in [-0.2, -0.15) is 10.2 Å². The molecule has 3 heteroatoms. The lowest BCUT2D eigenvalue weighted by atomic mass is 10.0. The van der Waals surface area contributed by atoms with Gasteiger partial charge in [-0.15, -0.1) is 0 Å². The van der Waals surface area contributed by atoms with Gasteiger partial charge in [0.1, 0.15) is 0 Å². The van der Waals surface area contributed by atoms with Crippen LogP contribution in [-0.2, 0) is 0 Å². The lowest BCUT2D eigenvalue weighted by molar-refractivity contribution is 0.465. The van der Waals surface area contributed by atoms with Crippen molar-refractivity contribution in [2.24, 2.45) is 0 Å². The van der Waals surface area contributed by atoms with Crippen LogP contribution in [0.4, 0.5) is 0 Å². The third-order valence-corrected chi connectivity index (χ3v) is 3.50. The Bertz CT molecular complexity index is 300. The summed E-state index contributed by atoms with van der Waals surface area (Å²) in [5.74, 6) is 0. The molecule has 0 saturated carbocycles. The largest absolute Gasteiger partial charge is 0.310 e. The summed E-state index contributed by atoms with van der Waals surface area (Å²) < 4.78 is 0. The lowest BCUT2D eigenvalue weighted by Crippen LogP contribution is -2.22. The Morgan fingerprint density at radius 3 is 2.47 bits per heavy atom. The molecule has 0 aliphatic rings. The van der Waals surface area contributed by atoms with E-state index in [1.54, 1.807) is 6.20 Å². The molecule has 0 aliphatic carbocycles. The van der Waals surface area contributed by atoms with E-state index in [0.717, 1.165) is 6.54 Å². The van der Waals surface area contributed by atoms with Crippen LogP contribution in [-0.4, -0.2) is 16.7 Å². The summed E-state index contributed by atoms with van der Waals surface area (Å²) in [6, 6.07) is 2.53. The van der Waals surface area contributed by atoms with Crippen molar-refractivity contribution in [2.75, 3.05) is 6.54 Å². The van der Waals surface area contributed by atoms with E-state index in [2.05, 4.69) is 35.4 Å². The average Bonchev–Trinajstić information content (AvgIpc) is 2.46. The monoisotopic (exact) mass is 263 g/mol. The van der Waals surface area contributed by atoms with Gasteiger partial charge < -0.3 is 5.32 Å². The molecule has 1 rings (SSSR count). The summed E-state index contributed by atoms with van der Waals surface area (Å²) in [7, 11) is 0. The fourth-order valence-electron chi connectivity index (χ4n) is 2.34. The van der Waals surface area contributed by atoms with Crippen LogP contribution in [0, 0.1) is 0 Å². The average molecular weight is 263 g/mol. The standard InChI is InChI=1S/C16H29N3/c1-3-5-6-7-8-9-10-16(17-12-4-2)15-11-13-18-19-14-15/h11,13-14,16-17H,3-10,12H2,1-2H3. The van der Waals surface area contributed by atoms with Crippen molar-refractivity contribution in [1.29, 1.82) is 0 Å². The molecule has 0 amide bonds. The normalized spacial score (nSPS) is 12.5. The van der Waals surface area contributed by atoms with Crippen LogP contribution in [0.3, 0.4) is 0 Å². The van der Waals surface area contributed by atoms with Gasteiger partial charge in [0.05, 0.1) is 6.20 Å². The summed E-state index contributed by atoms with van der Waals surface area (Å²) in [6.45, 7) is 5.55. The van der Waals surface area contributed by atoms with Crippen molar-refractivity contribution in [3.63, 3.8) is 0 Å². The van der Waals surface area contributed by atoms with Crippen LogP contribution < -0.4 is 5.32 Å². The maximum atomic E-state index is 3.99. The van der Waals surface area contributed by atoms with Crippen molar-refractivity contribution in [3.8, 4) is 0 Å². The second-order valence-electron chi connectivity index (χ2n) is 5.24. The van der Waals surface area contributed by atoms with Gasteiger partial charge in [0.15, 0.2) is 0 Å². The first-order valence-corrected chi connectivity index (χ1v) is 7.88. The van der Waals surface area contributed by atoms with Crippen LogP contribution in [0.1, 0.15) is 76.8 Å². The molecule has 0 fully saturated rings. The highest BCUT2D eigenvalue weighted by Gasteiger charge is 2.10. The zero-order valence-corrected chi connectivity index (χ0v) is 12.6. The number of nitrogens with zero attached hydrogens (tertiary/aromatic N) is 2. The van der Waals surface area contributed by atoms with E-state index in [1.807, 2.05) is 6.20 Å². The van der Waals surface area contributed by atoms with E-state index in [4.69, 9.17) is 0 Å². The molecule has 0 spiro atoms. The Morgan fingerprint density at radius 2 is 1.79 bits per heavy atom. The van der Waals surface area contributed by atoms with Gasteiger partial charge in [-0.3, -0.25) is 0 Å². The summed E-state index contributed by atoms with van der Waals surface area (Å²) >= 11 is 0. The minimum absolute atomic E-state index is 0.446. The molecule has 0 aromatic carbocycles. The Kier molecular flexibility index (Phi) is 9.25. The first-order chi connectivity index (χ1) is 9.38. The van der Waals surface area contributed by atoms with Crippen LogP contribution >= 0.6 is 0 Å². The number of rotatable bonds is 11. The van der Waals surface area contributed by atoms with Gasteiger partial charge in [-0.25, -0.2) is 0 Å². The fraction of sp³-hybridized carbons (Fsp3) is 0.750. The molecule has 108 valence electrons. The summed E-state index contributed by atoms with van der Waals surface area (Å²) in [5.41, 5.74) is 1.28. The first-order valence-electron chi connectivity index (χ1n) is 7.88. The highest BCUT2D eigenvalue weighted by Crippen LogP contribution is 2.19. The van der Waals surface area contributed by atoms with Crippen LogP contribution in [0.5, 0.6) is 0 Å². The predicted octanol–water partition coefficient (Wildman–Crippen LogP) is 4.27. The molecular formula is C16H29N3. The van der Waals surface area contributed by atoms with Gasteiger partial charge in [0.2, 0.25) is 0 Å². The predicted molar refractivity (Wildman–Crippen MR) is 81.1 cm³/mol. The van der Waals surface area contributed by atoms with E-state index in [9.17, 15) is 0 Å². The fourth-order valence-corrected chi connectivity index (χ4v) is 2.34. The van der Waals surface area contributed by atoms with Gasteiger partial charge in [-0.1, -0.05) is 52.4 Å². The number of unbranched alkanes of at least 4 members (excludes halogenated alkanes) is 5. The van der Waals surface area contributed by atoms with Gasteiger partial charge >= 0.3 is 0 Å². The maximum absolute atomic E-state index is 3.99. The van der Waals surface area contributed by atoms with Gasteiger partial charge in [0.25, 0.3) is 0 Å². The zero-order chi connectivity index (χ0) is 13.8. The van der Waals surface area contributed by atoms with E-state index in [-0.39, 0.29) is 0 Å². The summed E-state index contributed by atoms with van der Waals surface area (Å²) in [6.07, 6.45) is 14.2. The molecule has 1 aromatic heterocycles. The molecule has 0 aliphatic heterocycles. The smallest absolute Gasteiger partial charge is 0.0544 e. The first kappa shape index (κ1) is 16.1. The minimum Gasteiger partial charge on any atom is -0.310 e. The third-order valence-electron chi connectivity index (χ3n) is 3.50. The third kappa shape index (κ3) is 7.26. The van der Waals surface area contributed by atoms with Crippen molar-refractivity contribution in [3.05, 3.63) is 24.0 Å². The Labute approximate surface area is 118 Å². The molecule has 1 N–H and O–H groups in total. The Balaban J connectivity index is 2.30. The van der Waals surface area contributed by atoms with Crippen molar-refractivity contribution in [1.82, 2.24) is 15.5 Å². The van der Waals surface area contributed by atoms with Crippen molar-refractivity contribution >= 4 is 0 Å². The second kappa shape index (κ2) is 10.9. The number of aromatic nitrogens is 2. The van der Waals surface area contributed by atoms with E-state index in [0.29, 0.717) is 6.04 Å². The Hall–Kier alpha value is -0.960. The molecule has 0 saturated heterocycles. The quantitative estimate of drug-likeness (QED) is 0.606. The number of hydrogen-bond acceptors (Lipinski definition) is 3. The Morgan fingerprint density at radius 1 is 1.00 bits per heavy atom. The van der Waals surface area contributed by atoms with Gasteiger partial charge in [-0.05, 0) is 31.0 Å². The van der Waals surface area contributed by atoms with E-state index < -0.39 is 0 Å². The molecule has 3 nitrogen and oxygen atoms in total. The molecule has 1 unspecified atom stereocenters. The van der Waals surface area contributed by atoms with Crippen LogP contribution in [0.2, 0.25) is 0 Å². The molecule has 1 atom stereocenters. The van der Waals surface area contributed by atoms with Crippen molar-refractivity contribution in [2.45, 2.75) is 71.3 Å². The van der Waals surface area contributed by atoms with Gasteiger partial charge in [0, 0.05) is 12.2 Å². The van der Waals surface area contributed by atoms with Crippen molar-refractivity contribution < 1.29 is 0 Å². The van der Waals surface area contributed by atoms with Crippen LogP contribution in [0.25, 0.3) is 0 Å². The highest BCUT2D eigenvalue weighted by molar-refractivity contribution is 5.11. The molecular weight excluding hydrogens is 234 g/mol. The topological polar surface area (TPSA) is 37.8 Å². The molecule has 19 heavy (non-hydrogen) atoms. The molecule has 0 radical (unpaired) electrons. The van der Waals surface area contributed by atoms with Crippen LogP contribution in [0.15, 0.2) is 18.5 Å². The second-order valence-corrected chi connectivity index (χ2v) is 5.24.